The van der Waals surface area contributed by atoms with Gasteiger partial charge in [-0.2, -0.15) is 0 Å². The lowest BCUT2D eigenvalue weighted by molar-refractivity contribution is -0.138. The summed E-state index contributed by atoms with van der Waals surface area (Å²) in [5.74, 6) is -0.258. The van der Waals surface area contributed by atoms with E-state index in [2.05, 4.69) is 5.32 Å². The van der Waals surface area contributed by atoms with E-state index in [1.165, 1.54) is 0 Å². The number of ketones is 1. The third kappa shape index (κ3) is 3.09. The summed E-state index contributed by atoms with van der Waals surface area (Å²) in [5, 5.41) is 13.1. The summed E-state index contributed by atoms with van der Waals surface area (Å²) in [7, 11) is 0. The SMILES string of the molecule is O=C1CC(C(=O)NCC(O)c2ccc(Cl)cc2)C1. The summed E-state index contributed by atoms with van der Waals surface area (Å²) >= 11 is 5.74. The largest absolute Gasteiger partial charge is 0.387 e. The Morgan fingerprint density at radius 2 is 2.00 bits per heavy atom. The second-order valence-electron chi connectivity index (χ2n) is 4.46. The molecule has 1 aromatic carbocycles. The molecule has 0 aromatic heterocycles. The minimum absolute atomic E-state index is 0.119. The molecule has 2 rings (SSSR count). The van der Waals surface area contributed by atoms with Gasteiger partial charge in [-0.3, -0.25) is 9.59 Å². The van der Waals surface area contributed by atoms with E-state index in [1.54, 1.807) is 24.3 Å². The lowest BCUT2D eigenvalue weighted by Gasteiger charge is -2.23. The Kier molecular flexibility index (Phi) is 3.99. The highest BCUT2D eigenvalue weighted by Crippen LogP contribution is 2.23. The maximum absolute atomic E-state index is 11.6. The molecule has 0 bridgehead atoms. The molecule has 2 N–H and O–H groups in total. The zero-order chi connectivity index (χ0) is 13.1. The summed E-state index contributed by atoms with van der Waals surface area (Å²) in [4.78, 5) is 22.3. The standard InChI is InChI=1S/C13H14ClNO3/c14-10-3-1-8(2-4-10)12(17)7-15-13(18)9-5-11(16)6-9/h1-4,9,12,17H,5-7H2,(H,15,18). The van der Waals surface area contributed by atoms with Crippen LogP contribution in [-0.2, 0) is 9.59 Å². The first kappa shape index (κ1) is 13.1. The number of aliphatic hydroxyl groups is 1. The number of carbonyl (C=O) groups excluding carboxylic acids is 2. The monoisotopic (exact) mass is 267 g/mol. The highest BCUT2D eigenvalue weighted by atomic mass is 35.5. The number of amides is 1. The summed E-state index contributed by atoms with van der Waals surface area (Å²) < 4.78 is 0. The topological polar surface area (TPSA) is 66.4 Å². The smallest absolute Gasteiger partial charge is 0.224 e. The van der Waals surface area contributed by atoms with Crippen LogP contribution in [0, 0.1) is 5.92 Å². The molecular formula is C13H14ClNO3. The van der Waals surface area contributed by atoms with Crippen molar-refractivity contribution in [3.05, 3.63) is 34.9 Å². The Hall–Kier alpha value is -1.39. The third-order valence-electron chi connectivity index (χ3n) is 3.04. The zero-order valence-electron chi connectivity index (χ0n) is 9.73. The Labute approximate surface area is 110 Å². The van der Waals surface area contributed by atoms with Gasteiger partial charge in [-0.1, -0.05) is 23.7 Å². The lowest BCUT2D eigenvalue weighted by atomic mass is 9.83. The molecule has 96 valence electrons. The van der Waals surface area contributed by atoms with Crippen LogP contribution < -0.4 is 5.32 Å². The Morgan fingerprint density at radius 1 is 1.39 bits per heavy atom. The van der Waals surface area contributed by atoms with Crippen LogP contribution in [0.3, 0.4) is 0 Å². The van der Waals surface area contributed by atoms with Gasteiger partial charge in [0, 0.05) is 24.4 Å². The van der Waals surface area contributed by atoms with Gasteiger partial charge >= 0.3 is 0 Å². The van der Waals surface area contributed by atoms with Gasteiger partial charge in [-0.05, 0) is 17.7 Å². The van der Waals surface area contributed by atoms with E-state index in [1.807, 2.05) is 0 Å². The van der Waals surface area contributed by atoms with Crippen molar-refractivity contribution in [2.24, 2.45) is 5.92 Å². The summed E-state index contributed by atoms with van der Waals surface area (Å²) in [6.07, 6.45) is -0.117. The van der Waals surface area contributed by atoms with Crippen molar-refractivity contribution in [2.75, 3.05) is 6.54 Å². The van der Waals surface area contributed by atoms with Crippen molar-refractivity contribution in [3.8, 4) is 0 Å². The molecule has 1 amide bonds. The van der Waals surface area contributed by atoms with Gasteiger partial charge in [-0.25, -0.2) is 0 Å². The van der Waals surface area contributed by atoms with Crippen LogP contribution in [0.5, 0.6) is 0 Å². The van der Waals surface area contributed by atoms with E-state index < -0.39 is 6.10 Å². The predicted molar refractivity (Wildman–Crippen MR) is 67.2 cm³/mol. The number of halogens is 1. The van der Waals surface area contributed by atoms with Crippen LogP contribution in [0.15, 0.2) is 24.3 Å². The molecule has 1 atom stereocenters. The molecule has 1 aliphatic rings. The first-order valence-electron chi connectivity index (χ1n) is 5.79. The fraction of sp³-hybridized carbons (Fsp3) is 0.385. The number of nitrogens with one attached hydrogen (secondary N) is 1. The molecule has 5 heteroatoms. The second kappa shape index (κ2) is 5.50. The van der Waals surface area contributed by atoms with Crippen molar-refractivity contribution < 1.29 is 14.7 Å². The van der Waals surface area contributed by atoms with Crippen molar-refractivity contribution >= 4 is 23.3 Å². The Balaban J connectivity index is 1.81. The highest BCUT2D eigenvalue weighted by molar-refractivity contribution is 6.30. The van der Waals surface area contributed by atoms with E-state index in [0.717, 1.165) is 0 Å². The average molecular weight is 268 g/mol. The molecule has 1 aromatic rings. The van der Waals surface area contributed by atoms with E-state index in [-0.39, 0.29) is 24.2 Å². The van der Waals surface area contributed by atoms with Crippen LogP contribution in [-0.4, -0.2) is 23.3 Å². The Bertz CT molecular complexity index is 450. The number of hydrogen-bond donors (Lipinski definition) is 2. The van der Waals surface area contributed by atoms with Gasteiger partial charge in [0.25, 0.3) is 0 Å². The quantitative estimate of drug-likeness (QED) is 0.868. The zero-order valence-corrected chi connectivity index (χ0v) is 10.5. The number of rotatable bonds is 4. The van der Waals surface area contributed by atoms with Crippen LogP contribution in [0.1, 0.15) is 24.5 Å². The molecule has 1 unspecified atom stereocenters. The molecule has 0 heterocycles. The van der Waals surface area contributed by atoms with Crippen molar-refractivity contribution in [2.45, 2.75) is 18.9 Å². The Morgan fingerprint density at radius 3 is 2.56 bits per heavy atom. The minimum atomic E-state index is -0.762. The van der Waals surface area contributed by atoms with E-state index in [9.17, 15) is 14.7 Å². The molecule has 0 spiro atoms. The first-order chi connectivity index (χ1) is 8.56. The van der Waals surface area contributed by atoms with Gasteiger partial charge in [0.05, 0.1) is 12.0 Å². The predicted octanol–water partition coefficient (Wildman–Crippen LogP) is 1.47. The van der Waals surface area contributed by atoms with Crippen LogP contribution >= 0.6 is 11.6 Å². The number of carbonyl (C=O) groups is 2. The van der Waals surface area contributed by atoms with E-state index in [4.69, 9.17) is 11.6 Å². The minimum Gasteiger partial charge on any atom is -0.387 e. The highest BCUT2D eigenvalue weighted by Gasteiger charge is 2.32. The normalized spacial score (nSPS) is 17.1. The van der Waals surface area contributed by atoms with Crippen molar-refractivity contribution in [1.29, 1.82) is 0 Å². The molecule has 0 aliphatic heterocycles. The fourth-order valence-corrected chi connectivity index (χ4v) is 1.95. The maximum atomic E-state index is 11.6. The maximum Gasteiger partial charge on any atom is 0.224 e. The van der Waals surface area contributed by atoms with E-state index in [0.29, 0.717) is 23.4 Å². The summed E-state index contributed by atoms with van der Waals surface area (Å²) in [5.41, 5.74) is 0.699. The van der Waals surface area contributed by atoms with Gasteiger partial charge in [-0.15, -0.1) is 0 Å². The molecule has 0 radical (unpaired) electrons. The van der Waals surface area contributed by atoms with Gasteiger partial charge in [0.1, 0.15) is 5.78 Å². The van der Waals surface area contributed by atoms with Crippen LogP contribution in [0.25, 0.3) is 0 Å². The van der Waals surface area contributed by atoms with Crippen molar-refractivity contribution in [3.63, 3.8) is 0 Å². The van der Waals surface area contributed by atoms with Gasteiger partial charge < -0.3 is 10.4 Å². The number of benzene rings is 1. The molecule has 1 fully saturated rings. The number of aliphatic hydroxyl groups excluding tert-OH is 1. The average Bonchev–Trinajstić information content (AvgIpc) is 2.32. The number of Topliss-reactive ketones (excluding diaryl/α,β-unsaturated/α-hetero) is 1. The van der Waals surface area contributed by atoms with Gasteiger partial charge in [0.2, 0.25) is 5.91 Å². The van der Waals surface area contributed by atoms with Crippen molar-refractivity contribution in [1.82, 2.24) is 5.32 Å². The lowest BCUT2D eigenvalue weighted by Crippen LogP contribution is -2.40. The molecular weight excluding hydrogens is 254 g/mol. The molecule has 18 heavy (non-hydrogen) atoms. The third-order valence-corrected chi connectivity index (χ3v) is 3.30. The van der Waals surface area contributed by atoms with Crippen LogP contribution in [0.2, 0.25) is 5.02 Å². The number of hydrogen-bond acceptors (Lipinski definition) is 3. The first-order valence-corrected chi connectivity index (χ1v) is 6.17. The van der Waals surface area contributed by atoms with Crippen LogP contribution in [0.4, 0.5) is 0 Å². The summed E-state index contributed by atoms with van der Waals surface area (Å²) in [6.45, 7) is 0.144. The fourth-order valence-electron chi connectivity index (χ4n) is 1.82. The second-order valence-corrected chi connectivity index (χ2v) is 4.89. The molecule has 1 aliphatic carbocycles. The van der Waals surface area contributed by atoms with Gasteiger partial charge in [0.15, 0.2) is 0 Å². The molecule has 0 saturated heterocycles. The molecule has 4 nitrogen and oxygen atoms in total. The summed E-state index contributed by atoms with van der Waals surface area (Å²) in [6, 6.07) is 6.80. The molecule has 1 saturated carbocycles. The van der Waals surface area contributed by atoms with E-state index >= 15 is 0 Å².